The lowest BCUT2D eigenvalue weighted by molar-refractivity contribution is -0.138. The summed E-state index contributed by atoms with van der Waals surface area (Å²) in [5.74, 6) is 0.508. The average molecular weight is 259 g/mol. The molecule has 2 aromatic rings. The number of hydrogen-bond donors (Lipinski definition) is 0. The van der Waals surface area contributed by atoms with Crippen molar-refractivity contribution in [2.75, 3.05) is 25.1 Å². The van der Waals surface area contributed by atoms with Gasteiger partial charge in [-0.3, -0.25) is 4.79 Å². The van der Waals surface area contributed by atoms with Crippen LogP contribution in [0.2, 0.25) is 0 Å². The van der Waals surface area contributed by atoms with Crippen molar-refractivity contribution in [2.45, 2.75) is 13.3 Å². The highest BCUT2D eigenvalue weighted by molar-refractivity contribution is 5.90. The van der Waals surface area contributed by atoms with Crippen LogP contribution in [0.4, 0.5) is 5.82 Å². The Kier molecular flexibility index (Phi) is 4.28. The molecule has 0 amide bonds. The topological polar surface area (TPSA) is 55.3 Å². The van der Waals surface area contributed by atoms with E-state index in [0.29, 0.717) is 0 Å². The molecule has 0 atom stereocenters. The van der Waals surface area contributed by atoms with E-state index in [1.165, 1.54) is 13.4 Å². The SMILES string of the molecule is CCCN(CC(=O)OC)c1ncnc2ccccc12. The summed E-state index contributed by atoms with van der Waals surface area (Å²) in [5.41, 5.74) is 0.874. The van der Waals surface area contributed by atoms with E-state index in [-0.39, 0.29) is 12.5 Å². The molecule has 0 N–H and O–H groups in total. The van der Waals surface area contributed by atoms with Crippen molar-refractivity contribution in [3.8, 4) is 0 Å². The van der Waals surface area contributed by atoms with Gasteiger partial charge in [0, 0.05) is 11.9 Å². The maximum Gasteiger partial charge on any atom is 0.325 e. The van der Waals surface area contributed by atoms with Gasteiger partial charge in [-0.2, -0.15) is 0 Å². The second-order valence-corrected chi connectivity index (χ2v) is 4.21. The Labute approximate surface area is 112 Å². The van der Waals surface area contributed by atoms with Gasteiger partial charge < -0.3 is 9.64 Å². The average Bonchev–Trinajstić information content (AvgIpc) is 2.46. The highest BCUT2D eigenvalue weighted by Gasteiger charge is 2.15. The summed E-state index contributed by atoms with van der Waals surface area (Å²) in [7, 11) is 1.39. The highest BCUT2D eigenvalue weighted by atomic mass is 16.5. The summed E-state index contributed by atoms with van der Waals surface area (Å²) in [4.78, 5) is 22.0. The Morgan fingerprint density at radius 1 is 1.32 bits per heavy atom. The Balaban J connectivity index is 2.40. The van der Waals surface area contributed by atoms with Crippen molar-refractivity contribution >= 4 is 22.7 Å². The molecule has 0 aliphatic carbocycles. The van der Waals surface area contributed by atoms with Gasteiger partial charge in [-0.15, -0.1) is 0 Å². The van der Waals surface area contributed by atoms with Gasteiger partial charge in [0.05, 0.1) is 12.6 Å². The first-order chi connectivity index (χ1) is 9.26. The first kappa shape index (κ1) is 13.3. The van der Waals surface area contributed by atoms with E-state index in [0.717, 1.165) is 29.7 Å². The van der Waals surface area contributed by atoms with E-state index in [1.54, 1.807) is 0 Å². The number of fused-ring (bicyclic) bond motifs is 1. The van der Waals surface area contributed by atoms with Gasteiger partial charge in [0.15, 0.2) is 0 Å². The van der Waals surface area contributed by atoms with Gasteiger partial charge in [0.1, 0.15) is 18.7 Å². The number of anilines is 1. The van der Waals surface area contributed by atoms with Crippen LogP contribution in [0.5, 0.6) is 0 Å². The van der Waals surface area contributed by atoms with Crippen LogP contribution < -0.4 is 4.90 Å². The molecule has 0 aliphatic rings. The van der Waals surface area contributed by atoms with Crippen molar-refractivity contribution < 1.29 is 9.53 Å². The summed E-state index contributed by atoms with van der Waals surface area (Å²) >= 11 is 0. The number of para-hydroxylation sites is 1. The van der Waals surface area contributed by atoms with E-state index in [2.05, 4.69) is 16.9 Å². The second kappa shape index (κ2) is 6.13. The second-order valence-electron chi connectivity index (χ2n) is 4.21. The third-order valence-electron chi connectivity index (χ3n) is 2.86. The predicted molar refractivity (Wildman–Crippen MR) is 74.1 cm³/mol. The number of aromatic nitrogens is 2. The molecule has 0 radical (unpaired) electrons. The molecule has 0 bridgehead atoms. The summed E-state index contributed by atoms with van der Waals surface area (Å²) in [6.07, 6.45) is 2.45. The van der Waals surface area contributed by atoms with Gasteiger partial charge in [0.2, 0.25) is 0 Å². The number of hydrogen-bond acceptors (Lipinski definition) is 5. The number of benzene rings is 1. The van der Waals surface area contributed by atoms with Crippen LogP contribution in [0.1, 0.15) is 13.3 Å². The lowest BCUT2D eigenvalue weighted by Gasteiger charge is -2.22. The maximum atomic E-state index is 11.5. The molecule has 19 heavy (non-hydrogen) atoms. The van der Waals surface area contributed by atoms with Gasteiger partial charge in [0.25, 0.3) is 0 Å². The number of carbonyl (C=O) groups excluding carboxylic acids is 1. The molecule has 0 aliphatic heterocycles. The smallest absolute Gasteiger partial charge is 0.325 e. The number of carbonyl (C=O) groups is 1. The number of nitrogens with zero attached hydrogens (tertiary/aromatic N) is 3. The highest BCUT2D eigenvalue weighted by Crippen LogP contribution is 2.22. The van der Waals surface area contributed by atoms with E-state index < -0.39 is 0 Å². The molecule has 1 aromatic heterocycles. The number of methoxy groups -OCH3 is 1. The molecule has 0 spiro atoms. The largest absolute Gasteiger partial charge is 0.468 e. The third-order valence-corrected chi connectivity index (χ3v) is 2.86. The molecule has 2 rings (SSSR count). The van der Waals surface area contributed by atoms with Crippen LogP contribution in [0.15, 0.2) is 30.6 Å². The van der Waals surface area contributed by atoms with Crippen LogP contribution in [0, 0.1) is 0 Å². The number of esters is 1. The molecule has 1 aromatic carbocycles. The lowest BCUT2D eigenvalue weighted by Crippen LogP contribution is -2.32. The fraction of sp³-hybridized carbons (Fsp3) is 0.357. The summed E-state index contributed by atoms with van der Waals surface area (Å²) < 4.78 is 4.74. The van der Waals surface area contributed by atoms with Crippen molar-refractivity contribution in [3.05, 3.63) is 30.6 Å². The molecular weight excluding hydrogens is 242 g/mol. The Bertz CT molecular complexity index is 566. The minimum Gasteiger partial charge on any atom is -0.468 e. The predicted octanol–water partition coefficient (Wildman–Crippen LogP) is 2.02. The molecular formula is C14H17N3O2. The minimum absolute atomic E-state index is 0.200. The molecule has 100 valence electrons. The molecule has 1 heterocycles. The van der Waals surface area contributed by atoms with E-state index in [9.17, 15) is 4.79 Å². The zero-order valence-corrected chi connectivity index (χ0v) is 11.2. The van der Waals surface area contributed by atoms with Gasteiger partial charge in [-0.05, 0) is 18.6 Å². The molecule has 0 saturated heterocycles. The Morgan fingerprint density at radius 3 is 2.84 bits per heavy atom. The van der Waals surface area contributed by atoms with Crippen LogP contribution in [-0.2, 0) is 9.53 Å². The van der Waals surface area contributed by atoms with Crippen molar-refractivity contribution in [2.24, 2.45) is 0 Å². The van der Waals surface area contributed by atoms with E-state index in [1.807, 2.05) is 29.2 Å². The zero-order chi connectivity index (χ0) is 13.7. The zero-order valence-electron chi connectivity index (χ0n) is 11.2. The Hall–Kier alpha value is -2.17. The standard InChI is InChI=1S/C14H17N3O2/c1-3-8-17(9-13(18)19-2)14-11-6-4-5-7-12(11)15-10-16-14/h4-7,10H,3,8-9H2,1-2H3. The van der Waals surface area contributed by atoms with Crippen molar-refractivity contribution in [1.29, 1.82) is 0 Å². The van der Waals surface area contributed by atoms with Crippen LogP contribution >= 0.6 is 0 Å². The monoisotopic (exact) mass is 259 g/mol. The third kappa shape index (κ3) is 2.99. The first-order valence-corrected chi connectivity index (χ1v) is 6.27. The van der Waals surface area contributed by atoms with E-state index in [4.69, 9.17) is 4.74 Å². The normalized spacial score (nSPS) is 10.4. The van der Waals surface area contributed by atoms with Gasteiger partial charge in [-0.25, -0.2) is 9.97 Å². The van der Waals surface area contributed by atoms with Gasteiger partial charge >= 0.3 is 5.97 Å². The summed E-state index contributed by atoms with van der Waals surface area (Å²) in [5, 5.41) is 0.947. The van der Waals surface area contributed by atoms with Gasteiger partial charge in [-0.1, -0.05) is 19.1 Å². The van der Waals surface area contributed by atoms with Crippen molar-refractivity contribution in [1.82, 2.24) is 9.97 Å². The summed E-state index contributed by atoms with van der Waals surface area (Å²) in [6.45, 7) is 3.01. The molecule has 0 fully saturated rings. The molecule has 0 saturated carbocycles. The molecule has 5 nitrogen and oxygen atoms in total. The van der Waals surface area contributed by atoms with Crippen molar-refractivity contribution in [3.63, 3.8) is 0 Å². The quantitative estimate of drug-likeness (QED) is 0.769. The van der Waals surface area contributed by atoms with Crippen LogP contribution in [0.3, 0.4) is 0 Å². The summed E-state index contributed by atoms with van der Waals surface area (Å²) in [6, 6.07) is 7.77. The van der Waals surface area contributed by atoms with E-state index >= 15 is 0 Å². The fourth-order valence-electron chi connectivity index (χ4n) is 1.99. The van der Waals surface area contributed by atoms with Crippen LogP contribution in [0.25, 0.3) is 10.9 Å². The fourth-order valence-corrected chi connectivity index (χ4v) is 1.99. The molecule has 0 unspecified atom stereocenters. The molecule has 5 heteroatoms. The number of ether oxygens (including phenoxy) is 1. The minimum atomic E-state index is -0.267. The number of rotatable bonds is 5. The van der Waals surface area contributed by atoms with Crippen LogP contribution in [-0.4, -0.2) is 36.1 Å². The first-order valence-electron chi connectivity index (χ1n) is 6.27. The lowest BCUT2D eigenvalue weighted by atomic mass is 10.2. The Morgan fingerprint density at radius 2 is 2.11 bits per heavy atom. The maximum absolute atomic E-state index is 11.5.